The third-order valence-corrected chi connectivity index (χ3v) is 4.60. The molecule has 0 amide bonds. The van der Waals surface area contributed by atoms with Crippen LogP contribution in [0.5, 0.6) is 0 Å². The van der Waals surface area contributed by atoms with Crippen LogP contribution in [-0.4, -0.2) is 40.6 Å². The number of guanidine groups is 1. The number of rotatable bonds is 7. The molecule has 124 valence electrons. The second-order valence-electron chi connectivity index (χ2n) is 4.96. The van der Waals surface area contributed by atoms with Gasteiger partial charge in [-0.1, -0.05) is 12.1 Å². The van der Waals surface area contributed by atoms with Crippen LogP contribution in [0.3, 0.4) is 0 Å². The second kappa shape index (κ2) is 8.75. The Kier molecular flexibility index (Phi) is 7.34. The maximum atomic E-state index is 12.3. The number of aliphatic imine (C=N–C) groups is 1. The van der Waals surface area contributed by atoms with E-state index in [1.807, 2.05) is 32.9 Å². The molecule has 7 heteroatoms. The van der Waals surface area contributed by atoms with Gasteiger partial charge in [0, 0.05) is 19.6 Å². The lowest BCUT2D eigenvalue weighted by Gasteiger charge is -2.11. The van der Waals surface area contributed by atoms with Gasteiger partial charge in [-0.15, -0.1) is 0 Å². The van der Waals surface area contributed by atoms with Crippen LogP contribution in [-0.2, 0) is 10.0 Å². The highest BCUT2D eigenvalue weighted by Gasteiger charge is 2.16. The van der Waals surface area contributed by atoms with Gasteiger partial charge in [-0.25, -0.2) is 13.1 Å². The minimum Gasteiger partial charge on any atom is -0.357 e. The monoisotopic (exact) mass is 326 g/mol. The zero-order valence-electron chi connectivity index (χ0n) is 13.7. The molecule has 0 unspecified atom stereocenters. The molecule has 0 aliphatic rings. The summed E-state index contributed by atoms with van der Waals surface area (Å²) in [4.78, 5) is 4.64. The van der Waals surface area contributed by atoms with E-state index in [0.717, 1.165) is 24.2 Å². The molecule has 22 heavy (non-hydrogen) atoms. The van der Waals surface area contributed by atoms with Crippen molar-refractivity contribution in [3.63, 3.8) is 0 Å². The van der Waals surface area contributed by atoms with E-state index >= 15 is 0 Å². The molecule has 6 nitrogen and oxygen atoms in total. The first-order valence-electron chi connectivity index (χ1n) is 7.49. The minimum atomic E-state index is -3.50. The van der Waals surface area contributed by atoms with E-state index in [1.54, 1.807) is 13.0 Å². The van der Waals surface area contributed by atoms with Crippen molar-refractivity contribution in [1.82, 2.24) is 15.4 Å². The predicted molar refractivity (Wildman–Crippen MR) is 90.8 cm³/mol. The van der Waals surface area contributed by atoms with E-state index in [9.17, 15) is 8.42 Å². The standard InChI is InChI=1S/C15H26N4O2S/c1-5-16-15(17-6-2)18-9-10-19-22(20,21)14-11-12(3)7-8-13(14)4/h7-8,11,19H,5-6,9-10H2,1-4H3,(H2,16,17,18). The molecule has 0 radical (unpaired) electrons. The van der Waals surface area contributed by atoms with Crippen LogP contribution in [0, 0.1) is 13.8 Å². The SMILES string of the molecule is CCNC(=NCCNS(=O)(=O)c1cc(C)ccc1C)NCC. The Morgan fingerprint density at radius 2 is 1.77 bits per heavy atom. The summed E-state index contributed by atoms with van der Waals surface area (Å²) in [6, 6.07) is 5.40. The van der Waals surface area contributed by atoms with E-state index in [0.29, 0.717) is 17.4 Å². The fourth-order valence-corrected chi connectivity index (χ4v) is 3.28. The number of aryl methyl sites for hydroxylation is 2. The van der Waals surface area contributed by atoms with Crippen molar-refractivity contribution in [3.05, 3.63) is 29.3 Å². The predicted octanol–water partition coefficient (Wildman–Crippen LogP) is 1.16. The van der Waals surface area contributed by atoms with Crippen molar-refractivity contribution < 1.29 is 8.42 Å². The highest BCUT2D eigenvalue weighted by molar-refractivity contribution is 7.89. The van der Waals surface area contributed by atoms with Crippen LogP contribution in [0.1, 0.15) is 25.0 Å². The third-order valence-electron chi connectivity index (χ3n) is 3.00. The molecule has 0 bridgehead atoms. The van der Waals surface area contributed by atoms with Gasteiger partial charge in [0.25, 0.3) is 0 Å². The third kappa shape index (κ3) is 5.65. The van der Waals surface area contributed by atoms with E-state index in [4.69, 9.17) is 0 Å². The van der Waals surface area contributed by atoms with Crippen LogP contribution in [0.25, 0.3) is 0 Å². The zero-order valence-corrected chi connectivity index (χ0v) is 14.5. The fraction of sp³-hybridized carbons (Fsp3) is 0.533. The lowest BCUT2D eigenvalue weighted by atomic mass is 10.2. The van der Waals surface area contributed by atoms with Crippen LogP contribution in [0.2, 0.25) is 0 Å². The van der Waals surface area contributed by atoms with E-state index in [1.165, 1.54) is 0 Å². The van der Waals surface area contributed by atoms with Gasteiger partial charge in [0.15, 0.2) is 5.96 Å². The van der Waals surface area contributed by atoms with Gasteiger partial charge < -0.3 is 10.6 Å². The first-order chi connectivity index (χ1) is 10.4. The molecule has 0 fully saturated rings. The van der Waals surface area contributed by atoms with Crippen LogP contribution in [0.15, 0.2) is 28.1 Å². The largest absolute Gasteiger partial charge is 0.357 e. The molecule has 0 aromatic heterocycles. The van der Waals surface area contributed by atoms with E-state index in [-0.39, 0.29) is 6.54 Å². The van der Waals surface area contributed by atoms with Crippen LogP contribution < -0.4 is 15.4 Å². The van der Waals surface area contributed by atoms with Crippen molar-refractivity contribution >= 4 is 16.0 Å². The van der Waals surface area contributed by atoms with Gasteiger partial charge in [0.1, 0.15) is 0 Å². The quantitative estimate of drug-likeness (QED) is 0.399. The maximum Gasteiger partial charge on any atom is 0.240 e. The van der Waals surface area contributed by atoms with Gasteiger partial charge in [0.2, 0.25) is 10.0 Å². The summed E-state index contributed by atoms with van der Waals surface area (Å²) in [5.74, 6) is 0.691. The molecule has 0 aliphatic heterocycles. The summed E-state index contributed by atoms with van der Waals surface area (Å²) in [7, 11) is -3.50. The van der Waals surface area contributed by atoms with Crippen LogP contribution in [0.4, 0.5) is 0 Å². The molecule has 0 atom stereocenters. The number of hydrogen-bond donors (Lipinski definition) is 3. The van der Waals surface area contributed by atoms with Crippen molar-refractivity contribution in [3.8, 4) is 0 Å². The van der Waals surface area contributed by atoms with E-state index < -0.39 is 10.0 Å². The molecule has 1 aromatic rings. The molecule has 0 saturated heterocycles. The summed E-state index contributed by atoms with van der Waals surface area (Å²) in [6.45, 7) is 9.80. The second-order valence-corrected chi connectivity index (χ2v) is 6.69. The maximum absolute atomic E-state index is 12.3. The van der Waals surface area contributed by atoms with Crippen molar-refractivity contribution in [2.75, 3.05) is 26.2 Å². The Morgan fingerprint density at radius 3 is 2.36 bits per heavy atom. The Bertz CT molecular complexity index is 604. The molecule has 0 heterocycles. The smallest absolute Gasteiger partial charge is 0.240 e. The van der Waals surface area contributed by atoms with Crippen molar-refractivity contribution in [2.45, 2.75) is 32.6 Å². The number of nitrogens with one attached hydrogen (secondary N) is 3. The zero-order chi connectivity index (χ0) is 16.6. The van der Waals surface area contributed by atoms with Crippen molar-refractivity contribution in [2.24, 2.45) is 4.99 Å². The number of sulfonamides is 1. The summed E-state index contributed by atoms with van der Waals surface area (Å²) in [5.41, 5.74) is 1.66. The van der Waals surface area contributed by atoms with Crippen LogP contribution >= 0.6 is 0 Å². The molecule has 1 aromatic carbocycles. The average molecular weight is 326 g/mol. The Balaban J connectivity index is 2.66. The molecular weight excluding hydrogens is 300 g/mol. The van der Waals surface area contributed by atoms with E-state index in [2.05, 4.69) is 20.3 Å². The van der Waals surface area contributed by atoms with Gasteiger partial charge >= 0.3 is 0 Å². The first kappa shape index (κ1) is 18.4. The van der Waals surface area contributed by atoms with Gasteiger partial charge in [-0.2, -0.15) is 0 Å². The molecule has 0 aliphatic carbocycles. The lowest BCUT2D eigenvalue weighted by molar-refractivity contribution is 0.581. The normalized spacial score (nSPS) is 11.1. The number of hydrogen-bond acceptors (Lipinski definition) is 3. The highest BCUT2D eigenvalue weighted by Crippen LogP contribution is 2.16. The summed E-state index contributed by atoms with van der Waals surface area (Å²) in [6.07, 6.45) is 0. The van der Waals surface area contributed by atoms with Gasteiger partial charge in [-0.3, -0.25) is 4.99 Å². The molecular formula is C15H26N4O2S. The van der Waals surface area contributed by atoms with Gasteiger partial charge in [0.05, 0.1) is 11.4 Å². The Morgan fingerprint density at radius 1 is 1.14 bits per heavy atom. The summed E-state index contributed by atoms with van der Waals surface area (Å²) in [5, 5.41) is 6.18. The molecule has 0 spiro atoms. The average Bonchev–Trinajstić information content (AvgIpc) is 2.46. The molecule has 0 saturated carbocycles. The number of nitrogens with zero attached hydrogens (tertiary/aromatic N) is 1. The Hall–Kier alpha value is -1.60. The van der Waals surface area contributed by atoms with Crippen molar-refractivity contribution in [1.29, 1.82) is 0 Å². The van der Waals surface area contributed by atoms with Gasteiger partial charge in [-0.05, 0) is 44.9 Å². The Labute approximate surface area is 133 Å². The summed E-state index contributed by atoms with van der Waals surface area (Å²) < 4.78 is 27.2. The first-order valence-corrected chi connectivity index (χ1v) is 8.98. The topological polar surface area (TPSA) is 82.6 Å². The molecule has 1 rings (SSSR count). The minimum absolute atomic E-state index is 0.260. The fourth-order valence-electron chi connectivity index (χ4n) is 1.93. The highest BCUT2D eigenvalue weighted by atomic mass is 32.2. The number of benzene rings is 1. The lowest BCUT2D eigenvalue weighted by Crippen LogP contribution is -2.37. The summed E-state index contributed by atoms with van der Waals surface area (Å²) >= 11 is 0. The molecule has 3 N–H and O–H groups in total.